The SMILES string of the molecule is NC(=NC1CCCCC1)N=C(N)Nc1ccc(S(=O)(=O)O)cc1. The number of anilines is 1. The summed E-state index contributed by atoms with van der Waals surface area (Å²) < 4.78 is 30.8. The molecule has 0 spiro atoms. The molecule has 2 rings (SSSR count). The van der Waals surface area contributed by atoms with Crippen LogP contribution in [0, 0.1) is 0 Å². The number of nitrogens with one attached hydrogen (secondary N) is 1. The fourth-order valence-corrected chi connectivity index (χ4v) is 2.92. The molecule has 9 heteroatoms. The van der Waals surface area contributed by atoms with Crippen LogP contribution in [0.1, 0.15) is 32.1 Å². The number of aliphatic imine (C=N–C) groups is 2. The zero-order chi connectivity index (χ0) is 16.9. The van der Waals surface area contributed by atoms with Crippen LogP contribution in [-0.4, -0.2) is 30.9 Å². The molecule has 0 bridgehead atoms. The normalized spacial score (nSPS) is 18.0. The molecule has 0 heterocycles. The molecule has 1 aromatic rings. The van der Waals surface area contributed by atoms with E-state index in [0.717, 1.165) is 25.7 Å². The second-order valence-electron chi connectivity index (χ2n) is 5.40. The molecule has 8 nitrogen and oxygen atoms in total. The maximum Gasteiger partial charge on any atom is 0.294 e. The van der Waals surface area contributed by atoms with E-state index >= 15 is 0 Å². The Morgan fingerprint density at radius 2 is 1.74 bits per heavy atom. The molecule has 0 saturated heterocycles. The van der Waals surface area contributed by atoms with Gasteiger partial charge in [-0.25, -0.2) is 4.99 Å². The van der Waals surface area contributed by atoms with Gasteiger partial charge in [-0.3, -0.25) is 4.55 Å². The van der Waals surface area contributed by atoms with Gasteiger partial charge in [0.25, 0.3) is 10.1 Å². The fourth-order valence-electron chi connectivity index (χ4n) is 2.44. The third-order valence-corrected chi connectivity index (χ3v) is 4.42. The van der Waals surface area contributed by atoms with Gasteiger partial charge in [0.15, 0.2) is 0 Å². The number of benzene rings is 1. The molecule has 0 aliphatic heterocycles. The van der Waals surface area contributed by atoms with Crippen molar-refractivity contribution < 1.29 is 13.0 Å². The van der Waals surface area contributed by atoms with Crippen LogP contribution in [0.4, 0.5) is 5.69 Å². The quantitative estimate of drug-likeness (QED) is 0.371. The second-order valence-corrected chi connectivity index (χ2v) is 6.82. The number of hydrogen-bond acceptors (Lipinski definition) is 3. The molecule has 126 valence electrons. The number of nitrogens with zero attached hydrogens (tertiary/aromatic N) is 2. The molecule has 0 aromatic heterocycles. The van der Waals surface area contributed by atoms with Crippen LogP contribution in [0.2, 0.25) is 0 Å². The maximum absolute atomic E-state index is 11.0. The van der Waals surface area contributed by atoms with Crippen LogP contribution in [0.3, 0.4) is 0 Å². The number of hydrogen-bond donors (Lipinski definition) is 4. The van der Waals surface area contributed by atoms with Crippen molar-refractivity contribution in [3.8, 4) is 0 Å². The smallest absolute Gasteiger partial charge is 0.294 e. The molecular weight excluding hydrogens is 318 g/mol. The van der Waals surface area contributed by atoms with Gasteiger partial charge in [0.05, 0.1) is 10.9 Å². The van der Waals surface area contributed by atoms with Crippen molar-refractivity contribution in [3.05, 3.63) is 24.3 Å². The molecule has 0 unspecified atom stereocenters. The predicted octanol–water partition coefficient (Wildman–Crippen LogP) is 1.31. The minimum Gasteiger partial charge on any atom is -0.369 e. The first kappa shape index (κ1) is 17.2. The summed E-state index contributed by atoms with van der Waals surface area (Å²) in [5.74, 6) is 0.179. The molecule has 1 saturated carbocycles. The summed E-state index contributed by atoms with van der Waals surface area (Å²) in [7, 11) is -4.21. The van der Waals surface area contributed by atoms with Gasteiger partial charge in [0.1, 0.15) is 0 Å². The van der Waals surface area contributed by atoms with Crippen molar-refractivity contribution in [2.24, 2.45) is 21.5 Å². The molecule has 0 atom stereocenters. The van der Waals surface area contributed by atoms with Crippen LogP contribution in [0.5, 0.6) is 0 Å². The summed E-state index contributed by atoms with van der Waals surface area (Å²) in [6, 6.07) is 5.63. The van der Waals surface area contributed by atoms with E-state index in [0.29, 0.717) is 5.69 Å². The molecule has 1 aromatic carbocycles. The van der Waals surface area contributed by atoms with Crippen molar-refractivity contribution in [1.82, 2.24) is 0 Å². The Bertz CT molecular complexity index is 692. The van der Waals surface area contributed by atoms with Crippen LogP contribution in [0.25, 0.3) is 0 Å². The van der Waals surface area contributed by atoms with Crippen LogP contribution in [-0.2, 0) is 10.1 Å². The molecular formula is C14H21N5O3S. The standard InChI is InChI=1S/C14H21N5O3S/c15-13(17-10-4-2-1-3-5-10)19-14(16)18-11-6-8-12(9-7-11)23(20,21)22/h6-10H,1-5H2,(H,20,21,22)(H5,15,16,17,18,19). The lowest BCUT2D eigenvalue weighted by Crippen LogP contribution is -2.27. The Morgan fingerprint density at radius 1 is 1.13 bits per heavy atom. The highest BCUT2D eigenvalue weighted by atomic mass is 32.2. The summed E-state index contributed by atoms with van der Waals surface area (Å²) >= 11 is 0. The van der Waals surface area contributed by atoms with Crippen LogP contribution < -0.4 is 16.8 Å². The van der Waals surface area contributed by atoms with E-state index in [1.807, 2.05) is 0 Å². The molecule has 1 aliphatic rings. The Hall–Kier alpha value is -2.13. The topological polar surface area (TPSA) is 143 Å². The maximum atomic E-state index is 11.0. The first-order chi connectivity index (χ1) is 10.8. The van der Waals surface area contributed by atoms with Crippen molar-refractivity contribution in [1.29, 1.82) is 0 Å². The highest BCUT2D eigenvalue weighted by Crippen LogP contribution is 2.20. The van der Waals surface area contributed by atoms with E-state index < -0.39 is 10.1 Å². The van der Waals surface area contributed by atoms with Crippen molar-refractivity contribution in [3.63, 3.8) is 0 Å². The van der Waals surface area contributed by atoms with Crippen LogP contribution >= 0.6 is 0 Å². The predicted molar refractivity (Wildman–Crippen MR) is 90.0 cm³/mol. The van der Waals surface area contributed by atoms with E-state index in [2.05, 4.69) is 15.3 Å². The van der Waals surface area contributed by atoms with Gasteiger partial charge in [-0.15, -0.1) is 0 Å². The Balaban J connectivity index is 1.99. The van der Waals surface area contributed by atoms with Gasteiger partial charge in [-0.2, -0.15) is 13.4 Å². The number of rotatable bonds is 3. The molecule has 1 aliphatic carbocycles. The van der Waals surface area contributed by atoms with E-state index in [-0.39, 0.29) is 22.9 Å². The van der Waals surface area contributed by atoms with Gasteiger partial charge < -0.3 is 16.8 Å². The van der Waals surface area contributed by atoms with E-state index in [4.69, 9.17) is 16.0 Å². The van der Waals surface area contributed by atoms with Crippen molar-refractivity contribution >= 4 is 27.7 Å². The highest BCUT2D eigenvalue weighted by Gasteiger charge is 2.12. The molecule has 0 radical (unpaired) electrons. The van der Waals surface area contributed by atoms with Gasteiger partial charge in [-0.1, -0.05) is 19.3 Å². The summed E-state index contributed by atoms with van der Waals surface area (Å²) in [4.78, 5) is 8.12. The first-order valence-corrected chi connectivity index (χ1v) is 8.80. The second kappa shape index (κ2) is 7.42. The minimum absolute atomic E-state index is 0.0571. The zero-order valence-electron chi connectivity index (χ0n) is 12.6. The van der Waals surface area contributed by atoms with Gasteiger partial charge in [-0.05, 0) is 37.1 Å². The summed E-state index contributed by atoms with van der Waals surface area (Å²) in [6.07, 6.45) is 5.57. The fraction of sp³-hybridized carbons (Fsp3) is 0.429. The Labute approximate surface area is 135 Å². The zero-order valence-corrected chi connectivity index (χ0v) is 13.5. The van der Waals surface area contributed by atoms with E-state index in [1.54, 1.807) is 0 Å². The summed E-state index contributed by atoms with van der Waals surface area (Å²) in [5, 5.41) is 2.78. The van der Waals surface area contributed by atoms with E-state index in [9.17, 15) is 8.42 Å². The number of guanidine groups is 2. The van der Waals surface area contributed by atoms with Crippen molar-refractivity contribution in [2.75, 3.05) is 5.32 Å². The minimum atomic E-state index is -4.21. The molecule has 23 heavy (non-hydrogen) atoms. The Morgan fingerprint density at radius 3 is 2.30 bits per heavy atom. The Kier molecular flexibility index (Phi) is 5.56. The highest BCUT2D eigenvalue weighted by molar-refractivity contribution is 7.85. The van der Waals surface area contributed by atoms with Crippen LogP contribution in [0.15, 0.2) is 39.1 Å². The number of nitrogens with two attached hydrogens (primary N) is 2. The molecule has 6 N–H and O–H groups in total. The summed E-state index contributed by atoms with van der Waals surface area (Å²) in [5.41, 5.74) is 12.0. The van der Waals surface area contributed by atoms with E-state index in [1.165, 1.54) is 30.7 Å². The average Bonchev–Trinajstić information content (AvgIpc) is 2.47. The molecule has 0 amide bonds. The average molecular weight is 339 g/mol. The van der Waals surface area contributed by atoms with Gasteiger partial charge in [0, 0.05) is 5.69 Å². The summed E-state index contributed by atoms with van der Waals surface area (Å²) in [6.45, 7) is 0. The monoisotopic (exact) mass is 339 g/mol. The molecule has 1 fully saturated rings. The third kappa shape index (κ3) is 5.53. The van der Waals surface area contributed by atoms with Gasteiger partial charge in [0.2, 0.25) is 11.9 Å². The lowest BCUT2D eigenvalue weighted by atomic mass is 9.96. The van der Waals surface area contributed by atoms with Gasteiger partial charge >= 0.3 is 0 Å². The lowest BCUT2D eigenvalue weighted by Gasteiger charge is -2.17. The first-order valence-electron chi connectivity index (χ1n) is 7.36. The largest absolute Gasteiger partial charge is 0.369 e. The lowest BCUT2D eigenvalue weighted by molar-refractivity contribution is 0.443. The third-order valence-electron chi connectivity index (χ3n) is 3.55. The van der Waals surface area contributed by atoms with Crippen molar-refractivity contribution in [2.45, 2.75) is 43.0 Å².